The van der Waals surface area contributed by atoms with E-state index in [1.165, 1.54) is 29.3 Å². The molecule has 1 aliphatic rings. The molecule has 0 aromatic heterocycles. The first-order valence-corrected chi connectivity index (χ1v) is 20.3. The van der Waals surface area contributed by atoms with Crippen molar-refractivity contribution in [2.24, 2.45) is 5.73 Å². The summed E-state index contributed by atoms with van der Waals surface area (Å²) in [6.07, 6.45) is 37.7. The molecule has 3 aromatic rings. The van der Waals surface area contributed by atoms with E-state index in [1.807, 2.05) is 85.9 Å². The van der Waals surface area contributed by atoms with Crippen LogP contribution in [-0.4, -0.2) is 7.05 Å². The zero-order valence-electron chi connectivity index (χ0n) is 35.7. The smallest absolute Gasteiger partial charge is 0.0488 e. The van der Waals surface area contributed by atoms with Crippen LogP contribution in [0.1, 0.15) is 46.7 Å². The van der Waals surface area contributed by atoms with Gasteiger partial charge in [-0.3, -0.25) is 0 Å². The Morgan fingerprint density at radius 2 is 1.12 bits per heavy atom. The van der Waals surface area contributed by atoms with Crippen molar-refractivity contribution in [2.45, 2.75) is 31.6 Å². The van der Waals surface area contributed by atoms with E-state index in [2.05, 4.69) is 183 Å². The molecular weight excluding hydrogens is 725 g/mol. The molecule has 0 heterocycles. The summed E-state index contributed by atoms with van der Waals surface area (Å²) in [5.74, 6) is 0. The molecule has 0 bridgehead atoms. The first-order valence-electron chi connectivity index (χ1n) is 20.3. The highest BCUT2D eigenvalue weighted by atomic mass is 14.5. The largest absolute Gasteiger partial charge is 0.398 e. The van der Waals surface area contributed by atoms with E-state index in [0.717, 1.165) is 41.6 Å². The van der Waals surface area contributed by atoms with E-state index in [0.29, 0.717) is 0 Å². The van der Waals surface area contributed by atoms with Crippen molar-refractivity contribution in [3.8, 4) is 0 Å². The number of hydrogen-bond acceptors (Lipinski definition) is 2. The van der Waals surface area contributed by atoms with Crippen molar-refractivity contribution in [1.82, 2.24) is 0 Å². The number of anilines is 1. The third-order valence-corrected chi connectivity index (χ3v) is 9.21. The van der Waals surface area contributed by atoms with Crippen LogP contribution in [0.15, 0.2) is 263 Å². The predicted molar refractivity (Wildman–Crippen MR) is 269 cm³/mol. The minimum absolute atomic E-state index is 0.523. The van der Waals surface area contributed by atoms with Gasteiger partial charge in [-0.1, -0.05) is 250 Å². The summed E-state index contributed by atoms with van der Waals surface area (Å²) in [6, 6.07) is 48.4. The van der Waals surface area contributed by atoms with Gasteiger partial charge >= 0.3 is 0 Å². The maximum absolute atomic E-state index is 6.05. The van der Waals surface area contributed by atoms with E-state index in [-0.39, 0.29) is 0 Å². The Kier molecular flexibility index (Phi) is 25.4. The molecule has 4 N–H and O–H groups in total. The van der Waals surface area contributed by atoms with E-state index >= 15 is 0 Å². The molecule has 1 atom stereocenters. The van der Waals surface area contributed by atoms with Gasteiger partial charge in [-0.05, 0) is 78.3 Å². The molecule has 0 amide bonds. The van der Waals surface area contributed by atoms with Crippen molar-refractivity contribution < 1.29 is 0 Å². The van der Waals surface area contributed by atoms with Crippen LogP contribution < -0.4 is 11.5 Å². The maximum Gasteiger partial charge on any atom is 0.0488 e. The average Bonchev–Trinajstić information content (AvgIpc) is 3.46. The van der Waals surface area contributed by atoms with Gasteiger partial charge in [0.25, 0.3) is 0 Å². The second-order valence-corrected chi connectivity index (χ2v) is 13.1. The lowest BCUT2D eigenvalue weighted by Gasteiger charge is -2.37. The van der Waals surface area contributed by atoms with Gasteiger partial charge in [0.15, 0.2) is 0 Å². The summed E-state index contributed by atoms with van der Waals surface area (Å²) in [6.45, 7) is 16.6. The zero-order valence-corrected chi connectivity index (χ0v) is 35.7. The van der Waals surface area contributed by atoms with Gasteiger partial charge in [-0.2, -0.15) is 0 Å². The van der Waals surface area contributed by atoms with Crippen molar-refractivity contribution in [3.63, 3.8) is 0 Å². The Hall–Kier alpha value is -7.00. The second kappa shape index (κ2) is 31.0. The summed E-state index contributed by atoms with van der Waals surface area (Å²) >= 11 is 0. The Morgan fingerprint density at radius 3 is 1.80 bits per heavy atom. The molecule has 0 saturated heterocycles. The SMILES string of the molecule is C=C.C=C/C=C\C=C/c1ccccc1C1(C(=C)/C=C\C=C/C)CC=CCc2cccccc(C/C=C/C=C\C=C/c3ccccc3N)ccccccccccc21.CN. The number of hydrogen-bond donors (Lipinski definition) is 2. The molecular formula is C58H64N2. The van der Waals surface area contributed by atoms with Crippen LogP contribution in [0, 0.1) is 0 Å². The topological polar surface area (TPSA) is 52.0 Å². The molecule has 1 unspecified atom stereocenters. The molecule has 1 aliphatic carbocycles. The lowest BCUT2D eigenvalue weighted by molar-refractivity contribution is 0.627. The Labute approximate surface area is 362 Å². The molecule has 2 nitrogen and oxygen atoms in total. The van der Waals surface area contributed by atoms with Crippen LogP contribution in [-0.2, 0) is 18.3 Å². The summed E-state index contributed by atoms with van der Waals surface area (Å²) in [4.78, 5) is 0. The van der Waals surface area contributed by atoms with E-state index in [9.17, 15) is 0 Å². The van der Waals surface area contributed by atoms with Crippen LogP contribution in [0.4, 0.5) is 5.69 Å². The van der Waals surface area contributed by atoms with E-state index < -0.39 is 5.41 Å². The fraction of sp³-hybridized carbons (Fsp3) is 0.103. The number of fused-ring (bicyclic) bond motifs is 1. The Morgan fingerprint density at radius 1 is 0.583 bits per heavy atom. The number of nitrogens with two attached hydrogens (primary N) is 2. The van der Waals surface area contributed by atoms with Crippen molar-refractivity contribution in [3.05, 3.63) is 296 Å². The fourth-order valence-electron chi connectivity index (χ4n) is 6.42. The molecule has 3 aromatic carbocycles. The standard InChI is InChI=1S/C55H55N.C2H4.CH5N/c1-4-6-8-23-37-49-39-27-29-44-53(49)55(47(3)33-19-7-5-2)46-32-31-40-50-38-25-18-22-36-48(34-20-14-11-9-10-12-17-26-43-52(50)55)35-21-15-13-16-24-41-51-42-28-30-45-54(51)56;2*1-2/h4-34,36-39,41-45H,1,3,35,40,46,56H2,2H3;1-2H2;2H2,1H3/b7-5-,8-6-,10-9?,11-9?,12-10?,14-11?,16-13-,17-12?,20-14?,21-15+,22-18?,25-18?,26-17?,33-19-,34-20?,36-22?,37-23-,38-25?,41-24-,43-26?,48-34?,48-36?,50-38?,52-43?;;. The highest BCUT2D eigenvalue weighted by molar-refractivity contribution is 5.66. The van der Waals surface area contributed by atoms with Gasteiger partial charge in [-0.15, -0.1) is 13.2 Å². The first kappa shape index (κ1) is 49.1. The number of rotatable bonds is 12. The molecule has 306 valence electrons. The van der Waals surface area contributed by atoms with Gasteiger partial charge in [0, 0.05) is 11.1 Å². The van der Waals surface area contributed by atoms with Gasteiger partial charge < -0.3 is 11.5 Å². The number of para-hydroxylation sites is 1. The van der Waals surface area contributed by atoms with Gasteiger partial charge in [0.05, 0.1) is 0 Å². The van der Waals surface area contributed by atoms with E-state index in [4.69, 9.17) is 12.3 Å². The second-order valence-electron chi connectivity index (χ2n) is 13.1. The highest BCUT2D eigenvalue weighted by Crippen LogP contribution is 2.46. The fourth-order valence-corrected chi connectivity index (χ4v) is 6.42. The van der Waals surface area contributed by atoms with Gasteiger partial charge in [-0.25, -0.2) is 0 Å². The summed E-state index contributed by atoms with van der Waals surface area (Å²) < 4.78 is 0. The van der Waals surface area contributed by atoms with Crippen LogP contribution in [0.3, 0.4) is 0 Å². The molecule has 0 saturated carbocycles. The van der Waals surface area contributed by atoms with Crippen LogP contribution >= 0.6 is 0 Å². The average molecular weight is 789 g/mol. The number of allylic oxidation sites excluding steroid dienone is 16. The van der Waals surface area contributed by atoms with Gasteiger partial charge in [0.2, 0.25) is 0 Å². The normalized spacial score (nSPS) is 14.4. The summed E-state index contributed by atoms with van der Waals surface area (Å²) in [5.41, 5.74) is 18.9. The number of nitrogen functional groups attached to an aromatic ring is 1. The third kappa shape index (κ3) is 16.8. The van der Waals surface area contributed by atoms with Crippen molar-refractivity contribution >= 4 is 17.8 Å². The molecule has 0 spiro atoms. The quantitative estimate of drug-likeness (QED) is 0.109. The Balaban J connectivity index is 0.00000301. The zero-order chi connectivity index (χ0) is 43.5. The Bertz CT molecular complexity index is 2220. The molecule has 0 radical (unpaired) electrons. The number of benzene rings is 2. The maximum atomic E-state index is 6.05. The molecule has 60 heavy (non-hydrogen) atoms. The minimum Gasteiger partial charge on any atom is -0.398 e. The van der Waals surface area contributed by atoms with Crippen molar-refractivity contribution in [2.75, 3.05) is 12.8 Å². The summed E-state index contributed by atoms with van der Waals surface area (Å²) in [7, 11) is 1.50. The minimum atomic E-state index is -0.523. The van der Waals surface area contributed by atoms with Crippen LogP contribution in [0.2, 0.25) is 0 Å². The van der Waals surface area contributed by atoms with E-state index in [1.54, 1.807) is 6.08 Å². The van der Waals surface area contributed by atoms with Crippen LogP contribution in [0.25, 0.3) is 12.2 Å². The molecule has 2 heteroatoms. The van der Waals surface area contributed by atoms with Gasteiger partial charge in [0.1, 0.15) is 0 Å². The summed E-state index contributed by atoms with van der Waals surface area (Å²) in [5, 5.41) is 0. The highest BCUT2D eigenvalue weighted by Gasteiger charge is 2.38. The van der Waals surface area contributed by atoms with Crippen molar-refractivity contribution in [1.29, 1.82) is 0 Å². The monoisotopic (exact) mass is 789 g/mol. The molecule has 4 rings (SSSR count). The first-order chi connectivity index (χ1) is 29.6. The lowest BCUT2D eigenvalue weighted by atomic mass is 9.65. The predicted octanol–water partition coefficient (Wildman–Crippen LogP) is 14.6. The molecule has 0 aliphatic heterocycles. The van der Waals surface area contributed by atoms with Crippen LogP contribution in [0.5, 0.6) is 0 Å². The molecule has 0 fully saturated rings. The lowest BCUT2D eigenvalue weighted by Crippen LogP contribution is -2.30. The third-order valence-electron chi connectivity index (χ3n) is 9.21.